The van der Waals surface area contributed by atoms with Crippen LogP contribution in [-0.2, 0) is 11.3 Å². The van der Waals surface area contributed by atoms with Crippen molar-refractivity contribution in [1.29, 1.82) is 0 Å². The maximum absolute atomic E-state index is 5.90. The molecule has 0 bridgehead atoms. The molecule has 4 heteroatoms. The second kappa shape index (κ2) is 7.88. The highest BCUT2D eigenvalue weighted by atomic mass is 79.9. The molecule has 106 valence electrons. The van der Waals surface area contributed by atoms with Gasteiger partial charge >= 0.3 is 0 Å². The first-order chi connectivity index (χ1) is 9.31. The van der Waals surface area contributed by atoms with Gasteiger partial charge in [0.05, 0.1) is 11.1 Å². The minimum atomic E-state index is 0.693. The van der Waals surface area contributed by atoms with E-state index in [4.69, 9.17) is 9.47 Å². The van der Waals surface area contributed by atoms with Crippen LogP contribution in [0.1, 0.15) is 31.7 Å². The standard InChI is InChI=1S/C15H22BrNO2/c1-2-18-9-4-10-19-15-12(5-3-6-14(15)16)11-17-13-7-8-13/h3,5-6,13,17H,2,4,7-11H2,1H3. The van der Waals surface area contributed by atoms with Gasteiger partial charge in [-0.25, -0.2) is 0 Å². The number of nitrogens with one attached hydrogen (secondary N) is 1. The molecule has 0 aromatic heterocycles. The summed E-state index contributed by atoms with van der Waals surface area (Å²) in [6.45, 7) is 5.11. The van der Waals surface area contributed by atoms with Crippen molar-refractivity contribution in [3.05, 3.63) is 28.2 Å². The molecule has 0 atom stereocenters. The van der Waals surface area contributed by atoms with Gasteiger partial charge in [0.2, 0.25) is 0 Å². The molecule has 3 nitrogen and oxygen atoms in total. The second-order valence-electron chi connectivity index (χ2n) is 4.78. The molecule has 0 saturated heterocycles. The summed E-state index contributed by atoms with van der Waals surface area (Å²) >= 11 is 3.57. The molecule has 2 rings (SSSR count). The zero-order valence-corrected chi connectivity index (χ0v) is 13.0. The van der Waals surface area contributed by atoms with Gasteiger partial charge in [0.15, 0.2) is 0 Å². The summed E-state index contributed by atoms with van der Waals surface area (Å²) in [5.41, 5.74) is 1.22. The van der Waals surface area contributed by atoms with Gasteiger partial charge in [0.25, 0.3) is 0 Å². The quantitative estimate of drug-likeness (QED) is 0.704. The Morgan fingerprint density at radius 3 is 2.89 bits per heavy atom. The Hall–Kier alpha value is -0.580. The molecule has 1 aromatic rings. The van der Waals surface area contributed by atoms with Crippen molar-refractivity contribution < 1.29 is 9.47 Å². The molecule has 0 radical (unpaired) electrons. The van der Waals surface area contributed by atoms with Crippen molar-refractivity contribution in [3.63, 3.8) is 0 Å². The van der Waals surface area contributed by atoms with Gasteiger partial charge < -0.3 is 14.8 Å². The summed E-state index contributed by atoms with van der Waals surface area (Å²) in [5, 5.41) is 3.53. The fraction of sp³-hybridized carbons (Fsp3) is 0.600. The predicted molar refractivity (Wildman–Crippen MR) is 80.6 cm³/mol. The van der Waals surface area contributed by atoms with Gasteiger partial charge in [-0.3, -0.25) is 0 Å². The molecule has 1 fully saturated rings. The zero-order valence-electron chi connectivity index (χ0n) is 11.5. The Morgan fingerprint density at radius 2 is 2.16 bits per heavy atom. The first kappa shape index (κ1) is 14.8. The molecule has 1 aliphatic carbocycles. The molecule has 1 N–H and O–H groups in total. The van der Waals surface area contributed by atoms with Crippen LogP contribution in [0.15, 0.2) is 22.7 Å². The molecule has 0 unspecified atom stereocenters. The van der Waals surface area contributed by atoms with Crippen LogP contribution in [0.25, 0.3) is 0 Å². The Bertz CT molecular complexity index is 394. The van der Waals surface area contributed by atoms with Crippen molar-refractivity contribution in [2.75, 3.05) is 19.8 Å². The lowest BCUT2D eigenvalue weighted by molar-refractivity contribution is 0.130. The predicted octanol–water partition coefficient (Wildman–Crippen LogP) is 3.51. The van der Waals surface area contributed by atoms with Crippen LogP contribution in [0.3, 0.4) is 0 Å². The summed E-state index contributed by atoms with van der Waals surface area (Å²) in [7, 11) is 0. The number of benzene rings is 1. The lowest BCUT2D eigenvalue weighted by Gasteiger charge is -2.14. The van der Waals surface area contributed by atoms with Gasteiger partial charge in [-0.05, 0) is 41.8 Å². The van der Waals surface area contributed by atoms with Gasteiger partial charge in [0.1, 0.15) is 5.75 Å². The van der Waals surface area contributed by atoms with E-state index in [-0.39, 0.29) is 0 Å². The van der Waals surface area contributed by atoms with E-state index in [1.807, 2.05) is 13.0 Å². The molecule has 0 amide bonds. The lowest BCUT2D eigenvalue weighted by Crippen LogP contribution is -2.16. The topological polar surface area (TPSA) is 30.5 Å². The average Bonchev–Trinajstić information content (AvgIpc) is 3.22. The number of ether oxygens (including phenoxy) is 2. The third-order valence-electron chi connectivity index (χ3n) is 3.09. The number of hydrogen-bond acceptors (Lipinski definition) is 3. The Labute approximate surface area is 123 Å². The van der Waals surface area contributed by atoms with Crippen LogP contribution < -0.4 is 10.1 Å². The third kappa shape index (κ3) is 5.13. The molecule has 1 aliphatic rings. The molecule has 1 saturated carbocycles. The van der Waals surface area contributed by atoms with Crippen molar-refractivity contribution >= 4 is 15.9 Å². The number of halogens is 1. The molecular weight excluding hydrogens is 306 g/mol. The Kier molecular flexibility index (Phi) is 6.14. The Morgan fingerprint density at radius 1 is 1.32 bits per heavy atom. The number of rotatable bonds is 9. The highest BCUT2D eigenvalue weighted by Crippen LogP contribution is 2.30. The maximum atomic E-state index is 5.90. The van der Waals surface area contributed by atoms with Crippen molar-refractivity contribution in [3.8, 4) is 5.75 Å². The van der Waals surface area contributed by atoms with Crippen molar-refractivity contribution in [2.45, 2.75) is 38.8 Å². The van der Waals surface area contributed by atoms with Gasteiger partial charge in [0, 0.05) is 37.8 Å². The highest BCUT2D eigenvalue weighted by molar-refractivity contribution is 9.10. The molecule has 0 aliphatic heterocycles. The smallest absolute Gasteiger partial charge is 0.137 e. The van der Waals surface area contributed by atoms with E-state index in [2.05, 4.69) is 33.4 Å². The summed E-state index contributed by atoms with van der Waals surface area (Å²) in [4.78, 5) is 0. The summed E-state index contributed by atoms with van der Waals surface area (Å²) in [6, 6.07) is 6.92. The first-order valence-electron chi connectivity index (χ1n) is 7.02. The van der Waals surface area contributed by atoms with Crippen LogP contribution in [0.4, 0.5) is 0 Å². The van der Waals surface area contributed by atoms with Crippen molar-refractivity contribution in [2.24, 2.45) is 0 Å². The van der Waals surface area contributed by atoms with Gasteiger partial charge in [-0.1, -0.05) is 12.1 Å². The van der Waals surface area contributed by atoms with Gasteiger partial charge in [-0.15, -0.1) is 0 Å². The van der Waals surface area contributed by atoms with Gasteiger partial charge in [-0.2, -0.15) is 0 Å². The van der Waals surface area contributed by atoms with E-state index in [1.54, 1.807) is 0 Å². The molecular formula is C15H22BrNO2. The average molecular weight is 328 g/mol. The number of hydrogen-bond donors (Lipinski definition) is 1. The van der Waals surface area contributed by atoms with E-state index in [0.717, 1.165) is 36.4 Å². The minimum Gasteiger partial charge on any atom is -0.492 e. The van der Waals surface area contributed by atoms with Crippen LogP contribution in [-0.4, -0.2) is 25.9 Å². The highest BCUT2D eigenvalue weighted by Gasteiger charge is 2.20. The van der Waals surface area contributed by atoms with E-state index in [9.17, 15) is 0 Å². The summed E-state index contributed by atoms with van der Waals surface area (Å²) in [6.07, 6.45) is 3.53. The maximum Gasteiger partial charge on any atom is 0.137 e. The fourth-order valence-corrected chi connectivity index (χ4v) is 2.40. The minimum absolute atomic E-state index is 0.693. The van der Waals surface area contributed by atoms with E-state index in [1.165, 1.54) is 18.4 Å². The van der Waals surface area contributed by atoms with E-state index < -0.39 is 0 Å². The first-order valence-corrected chi connectivity index (χ1v) is 7.82. The van der Waals surface area contributed by atoms with E-state index in [0.29, 0.717) is 12.6 Å². The van der Waals surface area contributed by atoms with Crippen LogP contribution in [0, 0.1) is 0 Å². The molecule has 0 spiro atoms. The monoisotopic (exact) mass is 327 g/mol. The normalized spacial score (nSPS) is 14.6. The third-order valence-corrected chi connectivity index (χ3v) is 3.72. The molecule has 1 aromatic carbocycles. The molecule has 0 heterocycles. The zero-order chi connectivity index (χ0) is 13.5. The van der Waals surface area contributed by atoms with E-state index >= 15 is 0 Å². The summed E-state index contributed by atoms with van der Waals surface area (Å²) < 4.78 is 12.2. The SMILES string of the molecule is CCOCCCOc1c(Br)cccc1CNC1CC1. The van der Waals surface area contributed by atoms with Crippen LogP contribution in [0.5, 0.6) is 5.75 Å². The summed E-state index contributed by atoms with van der Waals surface area (Å²) in [5.74, 6) is 0.965. The van der Waals surface area contributed by atoms with Crippen LogP contribution >= 0.6 is 15.9 Å². The lowest BCUT2D eigenvalue weighted by atomic mass is 10.2. The second-order valence-corrected chi connectivity index (χ2v) is 5.64. The largest absolute Gasteiger partial charge is 0.492 e. The molecule has 19 heavy (non-hydrogen) atoms. The number of para-hydroxylation sites is 1. The Balaban J connectivity index is 1.84. The van der Waals surface area contributed by atoms with Crippen LogP contribution in [0.2, 0.25) is 0 Å². The van der Waals surface area contributed by atoms with Crippen molar-refractivity contribution in [1.82, 2.24) is 5.32 Å². The fourth-order valence-electron chi connectivity index (χ4n) is 1.88.